The number of hydrogen-bond acceptors (Lipinski definition) is 3. The standard InChI is InChI=1S/C29H44N2O/c1-2-3-4-5-6-7-8-9-13-20-30-21-23-31(24-22-30)25-26-32-29-18-16-28(17-19-29)27-14-11-10-12-15-27/h10-12,14-19H,2-9,13,20-26H2,1H3. The molecule has 0 aliphatic carbocycles. The molecule has 0 aromatic heterocycles. The van der Waals surface area contributed by atoms with Gasteiger partial charge in [0.1, 0.15) is 12.4 Å². The van der Waals surface area contributed by atoms with Crippen LogP contribution in [0.4, 0.5) is 0 Å². The highest BCUT2D eigenvalue weighted by molar-refractivity contribution is 5.63. The number of hydrogen-bond donors (Lipinski definition) is 0. The second-order valence-electron chi connectivity index (χ2n) is 9.25. The first-order chi connectivity index (χ1) is 15.8. The van der Waals surface area contributed by atoms with E-state index in [1.54, 1.807) is 0 Å². The van der Waals surface area contributed by atoms with Gasteiger partial charge in [-0.3, -0.25) is 4.90 Å². The van der Waals surface area contributed by atoms with Gasteiger partial charge in [-0.25, -0.2) is 0 Å². The van der Waals surface area contributed by atoms with Crippen molar-refractivity contribution in [2.75, 3.05) is 45.9 Å². The summed E-state index contributed by atoms with van der Waals surface area (Å²) in [5, 5.41) is 0. The SMILES string of the molecule is CCCCCCCCCCCN1CCN(CCOc2ccc(-c3ccccc3)cc2)CC1. The van der Waals surface area contributed by atoms with E-state index in [1.807, 2.05) is 0 Å². The Hall–Kier alpha value is -1.84. The fraction of sp³-hybridized carbons (Fsp3) is 0.586. The van der Waals surface area contributed by atoms with Crippen molar-refractivity contribution in [3.05, 3.63) is 54.6 Å². The predicted octanol–water partition coefficient (Wildman–Crippen LogP) is 6.88. The minimum atomic E-state index is 0.767. The van der Waals surface area contributed by atoms with Crippen molar-refractivity contribution in [3.63, 3.8) is 0 Å². The summed E-state index contributed by atoms with van der Waals surface area (Å²) in [5.74, 6) is 0.966. The predicted molar refractivity (Wildman–Crippen MR) is 137 cm³/mol. The molecule has 0 spiro atoms. The molecule has 0 amide bonds. The Morgan fingerprint density at radius 1 is 0.594 bits per heavy atom. The molecule has 0 saturated carbocycles. The number of unbranched alkanes of at least 4 members (excludes halogenated alkanes) is 8. The molecular weight excluding hydrogens is 392 g/mol. The lowest BCUT2D eigenvalue weighted by atomic mass is 10.1. The van der Waals surface area contributed by atoms with Crippen molar-refractivity contribution in [3.8, 4) is 16.9 Å². The fourth-order valence-electron chi connectivity index (χ4n) is 4.55. The third-order valence-electron chi connectivity index (χ3n) is 6.68. The highest BCUT2D eigenvalue weighted by atomic mass is 16.5. The second kappa shape index (κ2) is 15.1. The van der Waals surface area contributed by atoms with Crippen LogP contribution in [0.3, 0.4) is 0 Å². The lowest BCUT2D eigenvalue weighted by Crippen LogP contribution is -2.47. The smallest absolute Gasteiger partial charge is 0.119 e. The molecule has 2 aromatic carbocycles. The van der Waals surface area contributed by atoms with Gasteiger partial charge in [-0.15, -0.1) is 0 Å². The first kappa shape index (κ1) is 24.8. The van der Waals surface area contributed by atoms with Gasteiger partial charge < -0.3 is 9.64 Å². The first-order valence-electron chi connectivity index (χ1n) is 13.1. The fourth-order valence-corrected chi connectivity index (χ4v) is 4.55. The maximum absolute atomic E-state index is 6.00. The molecule has 3 heteroatoms. The largest absolute Gasteiger partial charge is 0.492 e. The molecule has 0 bridgehead atoms. The Labute approximate surface area is 196 Å². The van der Waals surface area contributed by atoms with E-state index in [1.165, 1.54) is 102 Å². The zero-order chi connectivity index (χ0) is 22.3. The van der Waals surface area contributed by atoms with Crippen LogP contribution in [0.2, 0.25) is 0 Å². The van der Waals surface area contributed by atoms with Gasteiger partial charge in [-0.05, 0) is 36.2 Å². The summed E-state index contributed by atoms with van der Waals surface area (Å²) in [5.41, 5.74) is 2.49. The van der Waals surface area contributed by atoms with Gasteiger partial charge in [0.15, 0.2) is 0 Å². The van der Waals surface area contributed by atoms with Gasteiger partial charge in [-0.2, -0.15) is 0 Å². The molecule has 0 N–H and O–H groups in total. The number of nitrogens with zero attached hydrogens (tertiary/aromatic N) is 2. The van der Waals surface area contributed by atoms with Gasteiger partial charge in [0.25, 0.3) is 0 Å². The summed E-state index contributed by atoms with van der Waals surface area (Å²) < 4.78 is 6.00. The minimum absolute atomic E-state index is 0.767. The van der Waals surface area contributed by atoms with Gasteiger partial charge in [0.2, 0.25) is 0 Å². The van der Waals surface area contributed by atoms with Crippen LogP contribution in [0.1, 0.15) is 64.7 Å². The molecule has 1 fully saturated rings. The van der Waals surface area contributed by atoms with Crippen molar-refractivity contribution in [1.82, 2.24) is 9.80 Å². The maximum Gasteiger partial charge on any atom is 0.119 e. The molecule has 0 radical (unpaired) electrons. The molecule has 3 nitrogen and oxygen atoms in total. The number of piperazine rings is 1. The topological polar surface area (TPSA) is 15.7 Å². The van der Waals surface area contributed by atoms with Crippen molar-refractivity contribution < 1.29 is 4.74 Å². The summed E-state index contributed by atoms with van der Waals surface area (Å²) in [6, 6.07) is 19.0. The molecule has 1 aliphatic heterocycles. The van der Waals surface area contributed by atoms with Crippen LogP contribution in [0.15, 0.2) is 54.6 Å². The van der Waals surface area contributed by atoms with Crippen LogP contribution in [0, 0.1) is 0 Å². The third kappa shape index (κ3) is 9.34. The normalized spacial score (nSPS) is 15.2. The summed E-state index contributed by atoms with van der Waals surface area (Å²) in [7, 11) is 0. The van der Waals surface area contributed by atoms with E-state index in [2.05, 4.69) is 71.3 Å². The molecule has 1 aliphatic rings. The van der Waals surface area contributed by atoms with Gasteiger partial charge in [-0.1, -0.05) is 101 Å². The van der Waals surface area contributed by atoms with E-state index in [-0.39, 0.29) is 0 Å². The highest BCUT2D eigenvalue weighted by Crippen LogP contribution is 2.22. The Bertz CT molecular complexity index is 708. The molecule has 2 aromatic rings. The Kier molecular flexibility index (Phi) is 11.7. The van der Waals surface area contributed by atoms with Gasteiger partial charge >= 0.3 is 0 Å². The molecule has 176 valence electrons. The van der Waals surface area contributed by atoms with Crippen molar-refractivity contribution in [2.24, 2.45) is 0 Å². The van der Waals surface area contributed by atoms with E-state index >= 15 is 0 Å². The van der Waals surface area contributed by atoms with E-state index in [9.17, 15) is 0 Å². The van der Waals surface area contributed by atoms with E-state index in [4.69, 9.17) is 4.74 Å². The van der Waals surface area contributed by atoms with Crippen molar-refractivity contribution >= 4 is 0 Å². The quantitative estimate of drug-likeness (QED) is 0.283. The van der Waals surface area contributed by atoms with Crippen LogP contribution in [0.5, 0.6) is 5.75 Å². The number of benzene rings is 2. The summed E-state index contributed by atoms with van der Waals surface area (Å²) in [6.07, 6.45) is 12.7. The minimum Gasteiger partial charge on any atom is -0.492 e. The van der Waals surface area contributed by atoms with E-state index in [0.717, 1.165) is 18.9 Å². The Balaban J connectivity index is 1.20. The summed E-state index contributed by atoms with van der Waals surface area (Å²) in [4.78, 5) is 5.20. The van der Waals surface area contributed by atoms with E-state index < -0.39 is 0 Å². The molecule has 32 heavy (non-hydrogen) atoms. The summed E-state index contributed by atoms with van der Waals surface area (Å²) in [6.45, 7) is 10.1. The molecule has 0 unspecified atom stereocenters. The number of rotatable bonds is 15. The van der Waals surface area contributed by atoms with Crippen LogP contribution >= 0.6 is 0 Å². The lowest BCUT2D eigenvalue weighted by molar-refractivity contribution is 0.115. The maximum atomic E-state index is 6.00. The van der Waals surface area contributed by atoms with Crippen molar-refractivity contribution in [2.45, 2.75) is 64.7 Å². The average molecular weight is 437 g/mol. The third-order valence-corrected chi connectivity index (χ3v) is 6.68. The van der Waals surface area contributed by atoms with E-state index in [0.29, 0.717) is 0 Å². The van der Waals surface area contributed by atoms with Crippen molar-refractivity contribution in [1.29, 1.82) is 0 Å². The monoisotopic (exact) mass is 436 g/mol. The Morgan fingerprint density at radius 3 is 1.75 bits per heavy atom. The van der Waals surface area contributed by atoms with Crippen LogP contribution in [-0.2, 0) is 0 Å². The molecule has 1 saturated heterocycles. The molecule has 0 atom stereocenters. The lowest BCUT2D eigenvalue weighted by Gasteiger charge is -2.34. The zero-order valence-electron chi connectivity index (χ0n) is 20.3. The molecular formula is C29H44N2O. The van der Waals surface area contributed by atoms with Crippen LogP contribution < -0.4 is 4.74 Å². The summed E-state index contributed by atoms with van der Waals surface area (Å²) >= 11 is 0. The highest BCUT2D eigenvalue weighted by Gasteiger charge is 2.16. The van der Waals surface area contributed by atoms with Gasteiger partial charge in [0, 0.05) is 32.7 Å². The van der Waals surface area contributed by atoms with Crippen LogP contribution in [0.25, 0.3) is 11.1 Å². The zero-order valence-corrected chi connectivity index (χ0v) is 20.3. The second-order valence-corrected chi connectivity index (χ2v) is 9.25. The first-order valence-corrected chi connectivity index (χ1v) is 13.1. The Morgan fingerprint density at radius 2 is 1.12 bits per heavy atom. The number of ether oxygens (including phenoxy) is 1. The van der Waals surface area contributed by atoms with Gasteiger partial charge in [0.05, 0.1) is 0 Å². The average Bonchev–Trinajstić information content (AvgIpc) is 2.85. The molecule has 1 heterocycles. The van der Waals surface area contributed by atoms with Crippen LogP contribution in [-0.4, -0.2) is 55.7 Å². The molecule has 3 rings (SSSR count).